The summed E-state index contributed by atoms with van der Waals surface area (Å²) in [4.78, 5) is 35.8. The number of H-pyrrole nitrogens is 1. The minimum absolute atomic E-state index is 0.382. The van der Waals surface area contributed by atoms with Crippen LogP contribution in [0.1, 0.15) is 21.5 Å². The molecule has 0 bridgehead atoms. The topological polar surface area (TPSA) is 81.3 Å². The van der Waals surface area contributed by atoms with Crippen LogP contribution in [-0.4, -0.2) is 54.0 Å². The highest BCUT2D eigenvalue weighted by molar-refractivity contribution is 6.07. The number of carbonyl (C=O) groups excluding carboxylic acids is 1. The van der Waals surface area contributed by atoms with E-state index in [1.807, 2.05) is 50.4 Å². The van der Waals surface area contributed by atoms with Gasteiger partial charge in [0.2, 0.25) is 5.56 Å². The van der Waals surface area contributed by atoms with Gasteiger partial charge in [0.25, 0.3) is 5.91 Å². The summed E-state index contributed by atoms with van der Waals surface area (Å²) in [7, 11) is 2.02. The van der Waals surface area contributed by atoms with Crippen molar-refractivity contribution in [3.05, 3.63) is 88.0 Å². The highest BCUT2D eigenvalue weighted by atomic mass is 19.4. The SMILES string of the molecule is Cc1cc(N2CCN(C)CC2)c(NC(=O)c2c[nH]c(=O)cc2C(F)(F)F)cc1-c1cnc2ccccc2c1. The molecule has 2 aromatic carbocycles. The summed E-state index contributed by atoms with van der Waals surface area (Å²) in [6, 6.07) is 13.8. The van der Waals surface area contributed by atoms with E-state index in [9.17, 15) is 22.8 Å². The summed E-state index contributed by atoms with van der Waals surface area (Å²) < 4.78 is 40.9. The number of aromatic amines is 1. The molecule has 0 unspecified atom stereocenters. The minimum atomic E-state index is -4.86. The molecule has 1 aliphatic rings. The van der Waals surface area contributed by atoms with Crippen LogP contribution in [0.25, 0.3) is 22.0 Å². The maximum atomic E-state index is 13.6. The van der Waals surface area contributed by atoms with Gasteiger partial charge in [0.05, 0.1) is 28.0 Å². The number of piperazine rings is 1. The first-order chi connectivity index (χ1) is 18.1. The number of rotatable bonds is 4. The number of nitrogens with zero attached hydrogens (tertiary/aromatic N) is 3. The quantitative estimate of drug-likeness (QED) is 0.399. The normalized spacial score (nSPS) is 14.6. The van der Waals surface area contributed by atoms with Gasteiger partial charge in [-0.05, 0) is 49.4 Å². The van der Waals surface area contributed by atoms with E-state index in [1.54, 1.807) is 12.3 Å². The molecular weight excluding hydrogens is 495 g/mol. The lowest BCUT2D eigenvalue weighted by atomic mass is 9.98. The van der Waals surface area contributed by atoms with Crippen molar-refractivity contribution in [2.24, 2.45) is 0 Å². The van der Waals surface area contributed by atoms with E-state index in [0.717, 1.165) is 52.6 Å². The van der Waals surface area contributed by atoms with Crippen molar-refractivity contribution >= 4 is 28.2 Å². The number of pyridine rings is 2. The Morgan fingerprint density at radius 1 is 1.05 bits per heavy atom. The van der Waals surface area contributed by atoms with E-state index < -0.39 is 28.8 Å². The number of para-hydroxylation sites is 1. The lowest BCUT2D eigenvalue weighted by Crippen LogP contribution is -2.44. The Bertz CT molecular complexity index is 1570. The molecule has 5 rings (SSSR count). The van der Waals surface area contributed by atoms with Crippen molar-refractivity contribution < 1.29 is 18.0 Å². The number of likely N-dealkylation sites (N-methyl/N-ethyl adjacent to an activating group) is 1. The van der Waals surface area contributed by atoms with E-state index in [2.05, 4.69) is 25.1 Å². The van der Waals surface area contributed by atoms with Gasteiger partial charge in [0, 0.05) is 55.6 Å². The molecule has 3 heterocycles. The van der Waals surface area contributed by atoms with Gasteiger partial charge < -0.3 is 20.1 Å². The van der Waals surface area contributed by atoms with Crippen molar-refractivity contribution in [1.82, 2.24) is 14.9 Å². The van der Waals surface area contributed by atoms with Crippen molar-refractivity contribution in [3.8, 4) is 11.1 Å². The Hall–Kier alpha value is -4.18. The molecule has 1 fully saturated rings. The Morgan fingerprint density at radius 3 is 2.53 bits per heavy atom. The molecule has 10 heteroatoms. The number of aromatic nitrogens is 2. The summed E-state index contributed by atoms with van der Waals surface area (Å²) in [5.41, 5.74) is 1.63. The Kier molecular flexibility index (Phi) is 6.66. The average molecular weight is 522 g/mol. The van der Waals surface area contributed by atoms with Gasteiger partial charge in [0.15, 0.2) is 0 Å². The van der Waals surface area contributed by atoms with Gasteiger partial charge in [-0.1, -0.05) is 18.2 Å². The second-order valence-corrected chi connectivity index (χ2v) is 9.47. The maximum Gasteiger partial charge on any atom is 0.417 e. The molecule has 1 saturated heterocycles. The number of hydrogen-bond donors (Lipinski definition) is 2. The molecule has 0 saturated carbocycles. The molecule has 38 heavy (non-hydrogen) atoms. The number of anilines is 2. The van der Waals surface area contributed by atoms with E-state index in [0.29, 0.717) is 24.8 Å². The Labute approximate surface area is 216 Å². The number of fused-ring (bicyclic) bond motifs is 1. The third kappa shape index (κ3) is 5.12. The van der Waals surface area contributed by atoms with Gasteiger partial charge in [-0.3, -0.25) is 14.6 Å². The number of aryl methyl sites for hydroxylation is 1. The molecule has 0 radical (unpaired) electrons. The first-order valence-corrected chi connectivity index (χ1v) is 12.1. The molecule has 2 N–H and O–H groups in total. The van der Waals surface area contributed by atoms with Crippen LogP contribution in [0.5, 0.6) is 0 Å². The molecular formula is C28H26F3N5O2. The van der Waals surface area contributed by atoms with Crippen molar-refractivity contribution in [2.45, 2.75) is 13.1 Å². The fraction of sp³-hybridized carbons (Fsp3) is 0.250. The van der Waals surface area contributed by atoms with Crippen LogP contribution in [-0.2, 0) is 6.18 Å². The number of carbonyl (C=O) groups is 1. The number of halogens is 3. The van der Waals surface area contributed by atoms with Gasteiger partial charge >= 0.3 is 6.18 Å². The first kappa shape index (κ1) is 25.5. The first-order valence-electron chi connectivity index (χ1n) is 12.1. The highest BCUT2D eigenvalue weighted by Gasteiger charge is 2.36. The Morgan fingerprint density at radius 2 is 1.79 bits per heavy atom. The smallest absolute Gasteiger partial charge is 0.367 e. The second kappa shape index (κ2) is 9.94. The van der Waals surface area contributed by atoms with Gasteiger partial charge in [0.1, 0.15) is 0 Å². The van der Waals surface area contributed by atoms with Crippen LogP contribution in [0.3, 0.4) is 0 Å². The molecule has 7 nitrogen and oxygen atoms in total. The van der Waals surface area contributed by atoms with E-state index in [4.69, 9.17) is 0 Å². The average Bonchev–Trinajstić information content (AvgIpc) is 2.89. The zero-order valence-corrected chi connectivity index (χ0v) is 20.9. The van der Waals surface area contributed by atoms with Crippen LogP contribution in [0.2, 0.25) is 0 Å². The molecule has 196 valence electrons. The van der Waals surface area contributed by atoms with Crippen LogP contribution in [0.15, 0.2) is 65.7 Å². The molecule has 1 aliphatic heterocycles. The molecule has 0 spiro atoms. The van der Waals surface area contributed by atoms with E-state index >= 15 is 0 Å². The van der Waals surface area contributed by atoms with Crippen LogP contribution < -0.4 is 15.8 Å². The van der Waals surface area contributed by atoms with Crippen molar-refractivity contribution in [1.29, 1.82) is 0 Å². The Balaban J connectivity index is 1.60. The van der Waals surface area contributed by atoms with Gasteiger partial charge in [-0.15, -0.1) is 0 Å². The molecule has 2 aromatic heterocycles. The van der Waals surface area contributed by atoms with Crippen molar-refractivity contribution in [2.75, 3.05) is 43.4 Å². The lowest BCUT2D eigenvalue weighted by Gasteiger charge is -2.35. The standard InChI is InChI=1S/C28H26F3N5O2/c1-17-11-25(36-9-7-35(2)8-10-36)24(13-20(17)19-12-18-5-3-4-6-23(18)32-15-19)34-27(38)21-16-33-26(37)14-22(21)28(29,30)31/h3-6,11-16H,7-10H2,1-2H3,(H,33,37)(H,34,38). The molecule has 0 atom stereocenters. The summed E-state index contributed by atoms with van der Waals surface area (Å²) in [5, 5.41) is 3.65. The molecule has 4 aromatic rings. The zero-order chi connectivity index (χ0) is 27.0. The van der Waals surface area contributed by atoms with Gasteiger partial charge in [-0.25, -0.2) is 0 Å². The largest absolute Gasteiger partial charge is 0.417 e. The van der Waals surface area contributed by atoms with Crippen LogP contribution in [0.4, 0.5) is 24.5 Å². The maximum absolute atomic E-state index is 13.6. The zero-order valence-electron chi connectivity index (χ0n) is 20.9. The van der Waals surface area contributed by atoms with E-state index in [-0.39, 0.29) is 0 Å². The number of alkyl halides is 3. The predicted molar refractivity (Wildman–Crippen MR) is 142 cm³/mol. The predicted octanol–water partition coefficient (Wildman–Crippen LogP) is 4.92. The third-order valence-corrected chi connectivity index (χ3v) is 6.81. The lowest BCUT2D eigenvalue weighted by molar-refractivity contribution is -0.138. The second-order valence-electron chi connectivity index (χ2n) is 9.47. The number of nitrogens with one attached hydrogen (secondary N) is 2. The van der Waals surface area contributed by atoms with E-state index in [1.165, 1.54) is 0 Å². The summed E-state index contributed by atoms with van der Waals surface area (Å²) in [5.74, 6) is -0.963. The molecule has 1 amide bonds. The number of hydrogen-bond acceptors (Lipinski definition) is 5. The summed E-state index contributed by atoms with van der Waals surface area (Å²) in [6.45, 7) is 4.96. The number of amides is 1. The van der Waals surface area contributed by atoms with Crippen LogP contribution in [0, 0.1) is 6.92 Å². The summed E-state index contributed by atoms with van der Waals surface area (Å²) in [6.07, 6.45) is -2.32. The van der Waals surface area contributed by atoms with Gasteiger partial charge in [-0.2, -0.15) is 13.2 Å². The van der Waals surface area contributed by atoms with Crippen molar-refractivity contribution in [3.63, 3.8) is 0 Å². The minimum Gasteiger partial charge on any atom is -0.367 e. The molecule has 0 aliphatic carbocycles. The fourth-order valence-electron chi connectivity index (χ4n) is 4.71. The number of benzene rings is 2. The van der Waals surface area contributed by atoms with Crippen LogP contribution >= 0.6 is 0 Å². The summed E-state index contributed by atoms with van der Waals surface area (Å²) >= 11 is 0. The third-order valence-electron chi connectivity index (χ3n) is 6.81. The highest BCUT2D eigenvalue weighted by Crippen LogP contribution is 2.37. The monoisotopic (exact) mass is 521 g/mol. The fourth-order valence-corrected chi connectivity index (χ4v) is 4.71.